The van der Waals surface area contributed by atoms with Crippen molar-refractivity contribution in [3.05, 3.63) is 70.2 Å². The molecular weight excluding hydrogens is 286 g/mol. The van der Waals surface area contributed by atoms with E-state index >= 15 is 0 Å². The first-order chi connectivity index (χ1) is 8.79. The zero-order valence-electron chi connectivity index (χ0n) is 10.6. The van der Waals surface area contributed by atoms with E-state index in [2.05, 4.69) is 82.8 Å². The molecule has 18 heavy (non-hydrogen) atoms. The molecular formula is C16H18BrN. The van der Waals surface area contributed by atoms with E-state index in [0.717, 1.165) is 17.4 Å². The summed E-state index contributed by atoms with van der Waals surface area (Å²) in [7, 11) is 0. The lowest BCUT2D eigenvalue weighted by atomic mass is 10.0. The van der Waals surface area contributed by atoms with Crippen molar-refractivity contribution in [2.45, 2.75) is 25.9 Å². The highest BCUT2D eigenvalue weighted by molar-refractivity contribution is 9.10. The quantitative estimate of drug-likeness (QED) is 0.845. The van der Waals surface area contributed by atoms with Crippen molar-refractivity contribution < 1.29 is 0 Å². The van der Waals surface area contributed by atoms with Gasteiger partial charge in [0.1, 0.15) is 0 Å². The predicted molar refractivity (Wildman–Crippen MR) is 80.5 cm³/mol. The predicted octanol–water partition coefficient (Wildman–Crippen LogP) is 4.69. The van der Waals surface area contributed by atoms with Crippen molar-refractivity contribution in [2.75, 3.05) is 0 Å². The first-order valence-corrected chi connectivity index (χ1v) is 7.11. The fraction of sp³-hybridized carbons (Fsp3) is 0.250. The molecule has 94 valence electrons. The molecule has 0 heterocycles. The molecule has 0 aliphatic carbocycles. The molecule has 0 bridgehead atoms. The van der Waals surface area contributed by atoms with Gasteiger partial charge < -0.3 is 5.32 Å². The summed E-state index contributed by atoms with van der Waals surface area (Å²) in [5.74, 6) is 0. The van der Waals surface area contributed by atoms with Crippen LogP contribution in [0.3, 0.4) is 0 Å². The third-order valence-electron chi connectivity index (χ3n) is 3.08. The van der Waals surface area contributed by atoms with Gasteiger partial charge in [-0.1, -0.05) is 65.3 Å². The summed E-state index contributed by atoms with van der Waals surface area (Å²) in [6.45, 7) is 3.12. The van der Waals surface area contributed by atoms with Gasteiger partial charge in [0.2, 0.25) is 0 Å². The van der Waals surface area contributed by atoms with Crippen LogP contribution < -0.4 is 5.32 Å². The normalized spacial score (nSPS) is 12.3. The van der Waals surface area contributed by atoms with E-state index in [0.29, 0.717) is 6.04 Å². The van der Waals surface area contributed by atoms with E-state index < -0.39 is 0 Å². The van der Waals surface area contributed by atoms with Gasteiger partial charge >= 0.3 is 0 Å². The van der Waals surface area contributed by atoms with E-state index in [1.54, 1.807) is 0 Å². The molecule has 1 N–H and O–H groups in total. The minimum absolute atomic E-state index is 0.426. The molecule has 1 unspecified atom stereocenters. The Hall–Kier alpha value is -1.12. The third kappa shape index (κ3) is 3.69. The van der Waals surface area contributed by atoms with Crippen LogP contribution in [0.5, 0.6) is 0 Å². The largest absolute Gasteiger partial charge is 0.306 e. The average Bonchev–Trinajstić information content (AvgIpc) is 2.43. The van der Waals surface area contributed by atoms with Gasteiger partial charge in [-0.2, -0.15) is 0 Å². The monoisotopic (exact) mass is 303 g/mol. The van der Waals surface area contributed by atoms with E-state index in [4.69, 9.17) is 0 Å². The Kier molecular flexibility index (Phi) is 4.97. The molecule has 2 aromatic carbocycles. The second-order valence-electron chi connectivity index (χ2n) is 4.38. The van der Waals surface area contributed by atoms with Gasteiger partial charge in [-0.25, -0.2) is 0 Å². The molecule has 0 saturated heterocycles. The minimum atomic E-state index is 0.426. The number of halogens is 1. The molecule has 2 heteroatoms. The Morgan fingerprint density at radius 2 is 1.67 bits per heavy atom. The maximum absolute atomic E-state index is 3.61. The van der Waals surface area contributed by atoms with Crippen molar-refractivity contribution in [2.24, 2.45) is 0 Å². The SMILES string of the molecule is CCC(NCc1ccc(Br)cc1)c1ccccc1. The Labute approximate surface area is 117 Å². The Balaban J connectivity index is 1.97. The third-order valence-corrected chi connectivity index (χ3v) is 3.60. The van der Waals surface area contributed by atoms with Gasteiger partial charge in [0.15, 0.2) is 0 Å². The molecule has 0 spiro atoms. The van der Waals surface area contributed by atoms with Gasteiger partial charge in [0.25, 0.3) is 0 Å². The van der Waals surface area contributed by atoms with E-state index in [1.807, 2.05) is 0 Å². The van der Waals surface area contributed by atoms with E-state index in [-0.39, 0.29) is 0 Å². The molecule has 0 amide bonds. The summed E-state index contributed by atoms with van der Waals surface area (Å²) in [4.78, 5) is 0. The second kappa shape index (κ2) is 6.72. The topological polar surface area (TPSA) is 12.0 Å². The summed E-state index contributed by atoms with van der Waals surface area (Å²) in [6, 6.07) is 19.5. The number of benzene rings is 2. The molecule has 0 aromatic heterocycles. The van der Waals surface area contributed by atoms with Crippen molar-refractivity contribution in [1.29, 1.82) is 0 Å². The summed E-state index contributed by atoms with van der Waals surface area (Å²) >= 11 is 3.46. The Morgan fingerprint density at radius 3 is 2.28 bits per heavy atom. The second-order valence-corrected chi connectivity index (χ2v) is 5.29. The minimum Gasteiger partial charge on any atom is -0.306 e. The van der Waals surface area contributed by atoms with Gasteiger partial charge in [0.05, 0.1) is 0 Å². The lowest BCUT2D eigenvalue weighted by Gasteiger charge is -2.17. The zero-order valence-corrected chi connectivity index (χ0v) is 12.2. The van der Waals surface area contributed by atoms with Gasteiger partial charge in [-0.05, 0) is 29.7 Å². The fourth-order valence-corrected chi connectivity index (χ4v) is 2.29. The van der Waals surface area contributed by atoms with Gasteiger partial charge in [-0.3, -0.25) is 0 Å². The van der Waals surface area contributed by atoms with Gasteiger partial charge in [-0.15, -0.1) is 0 Å². The number of rotatable bonds is 5. The Bertz CT molecular complexity index is 464. The Morgan fingerprint density at radius 1 is 1.00 bits per heavy atom. The van der Waals surface area contributed by atoms with E-state index in [1.165, 1.54) is 11.1 Å². The van der Waals surface area contributed by atoms with E-state index in [9.17, 15) is 0 Å². The lowest BCUT2D eigenvalue weighted by Crippen LogP contribution is -2.20. The number of nitrogens with one attached hydrogen (secondary N) is 1. The van der Waals surface area contributed by atoms with Crippen LogP contribution >= 0.6 is 15.9 Å². The van der Waals surface area contributed by atoms with Crippen LogP contribution in [0.1, 0.15) is 30.5 Å². The summed E-state index contributed by atoms with van der Waals surface area (Å²) < 4.78 is 1.13. The van der Waals surface area contributed by atoms with Crippen molar-refractivity contribution >= 4 is 15.9 Å². The number of hydrogen-bond donors (Lipinski definition) is 1. The van der Waals surface area contributed by atoms with Gasteiger partial charge in [0, 0.05) is 17.1 Å². The molecule has 0 fully saturated rings. The van der Waals surface area contributed by atoms with Crippen LogP contribution in [0.4, 0.5) is 0 Å². The highest BCUT2D eigenvalue weighted by Gasteiger charge is 2.07. The molecule has 2 rings (SSSR count). The van der Waals surface area contributed by atoms with Crippen LogP contribution in [0.2, 0.25) is 0 Å². The fourth-order valence-electron chi connectivity index (χ4n) is 2.03. The summed E-state index contributed by atoms with van der Waals surface area (Å²) in [6.07, 6.45) is 1.10. The molecule has 0 saturated carbocycles. The molecule has 2 aromatic rings. The highest BCUT2D eigenvalue weighted by atomic mass is 79.9. The van der Waals surface area contributed by atoms with Crippen molar-refractivity contribution in [3.63, 3.8) is 0 Å². The molecule has 0 radical (unpaired) electrons. The average molecular weight is 304 g/mol. The highest BCUT2D eigenvalue weighted by Crippen LogP contribution is 2.17. The number of hydrogen-bond acceptors (Lipinski definition) is 1. The van der Waals surface area contributed by atoms with Crippen LogP contribution in [0.25, 0.3) is 0 Å². The molecule has 1 nitrogen and oxygen atoms in total. The van der Waals surface area contributed by atoms with Crippen LogP contribution in [0, 0.1) is 0 Å². The first kappa shape index (κ1) is 13.3. The lowest BCUT2D eigenvalue weighted by molar-refractivity contribution is 0.519. The maximum Gasteiger partial charge on any atom is 0.0320 e. The maximum atomic E-state index is 3.61. The first-order valence-electron chi connectivity index (χ1n) is 6.32. The molecule has 0 aliphatic rings. The summed E-state index contributed by atoms with van der Waals surface area (Å²) in [5, 5.41) is 3.61. The molecule has 1 atom stereocenters. The van der Waals surface area contributed by atoms with Crippen molar-refractivity contribution in [1.82, 2.24) is 5.32 Å². The smallest absolute Gasteiger partial charge is 0.0320 e. The van der Waals surface area contributed by atoms with Crippen LogP contribution in [-0.4, -0.2) is 0 Å². The standard InChI is InChI=1S/C16H18BrN/c1-2-16(14-6-4-3-5-7-14)18-12-13-8-10-15(17)11-9-13/h3-11,16,18H,2,12H2,1H3. The van der Waals surface area contributed by atoms with Crippen LogP contribution in [-0.2, 0) is 6.54 Å². The zero-order chi connectivity index (χ0) is 12.8. The summed E-state index contributed by atoms with van der Waals surface area (Å²) in [5.41, 5.74) is 2.67. The molecule has 0 aliphatic heterocycles. The van der Waals surface area contributed by atoms with Crippen LogP contribution in [0.15, 0.2) is 59.1 Å². The van der Waals surface area contributed by atoms with Crippen molar-refractivity contribution in [3.8, 4) is 0 Å².